The molecule has 0 aliphatic heterocycles. The molecule has 0 bridgehead atoms. The van der Waals surface area contributed by atoms with Gasteiger partial charge in [-0.1, -0.05) is 32.0 Å². The van der Waals surface area contributed by atoms with Crippen molar-refractivity contribution in [1.82, 2.24) is 15.3 Å². The van der Waals surface area contributed by atoms with E-state index in [0.717, 1.165) is 22.2 Å². The van der Waals surface area contributed by atoms with Crippen molar-refractivity contribution in [1.29, 1.82) is 0 Å². The van der Waals surface area contributed by atoms with Crippen LogP contribution in [0.4, 0.5) is 9.93 Å². The van der Waals surface area contributed by atoms with Gasteiger partial charge < -0.3 is 20.4 Å². The SMILES string of the molecule is Cc1csc(NC(=O)[C@@H](Cc2c[nH]c3ccccc23)NC(=O)OCC(C)C)n1. The zero-order chi connectivity index (χ0) is 20.1. The van der Waals surface area contributed by atoms with Gasteiger partial charge in [-0.2, -0.15) is 0 Å². The first-order valence-corrected chi connectivity index (χ1v) is 10.0. The molecule has 0 aliphatic carbocycles. The summed E-state index contributed by atoms with van der Waals surface area (Å²) in [5, 5.41) is 8.85. The third-order valence-electron chi connectivity index (χ3n) is 4.10. The maximum absolute atomic E-state index is 12.8. The van der Waals surface area contributed by atoms with Crippen LogP contribution in [0.25, 0.3) is 10.9 Å². The average Bonchev–Trinajstić information content (AvgIpc) is 3.25. The Hall–Kier alpha value is -2.87. The molecule has 0 spiro atoms. The fraction of sp³-hybridized carbons (Fsp3) is 0.350. The van der Waals surface area contributed by atoms with E-state index >= 15 is 0 Å². The van der Waals surface area contributed by atoms with Gasteiger partial charge >= 0.3 is 6.09 Å². The maximum Gasteiger partial charge on any atom is 0.407 e. The number of nitrogens with one attached hydrogen (secondary N) is 3. The van der Waals surface area contributed by atoms with Crippen molar-refractivity contribution < 1.29 is 14.3 Å². The van der Waals surface area contributed by atoms with Crippen LogP contribution in [-0.4, -0.2) is 34.6 Å². The van der Waals surface area contributed by atoms with Crippen molar-refractivity contribution in [3.05, 3.63) is 47.1 Å². The standard InChI is InChI=1S/C20H24N4O3S/c1-12(2)10-27-20(26)23-17(18(25)24-19-22-13(3)11-28-19)8-14-9-21-16-7-5-4-6-15(14)16/h4-7,9,11-12,17,21H,8,10H2,1-3H3,(H,23,26)(H,22,24,25)/t17-/m1/s1. The van der Waals surface area contributed by atoms with E-state index in [4.69, 9.17) is 4.74 Å². The molecule has 0 fully saturated rings. The van der Waals surface area contributed by atoms with Crippen LogP contribution in [0.1, 0.15) is 25.1 Å². The summed E-state index contributed by atoms with van der Waals surface area (Å²) in [6.07, 6.45) is 1.58. The van der Waals surface area contributed by atoms with E-state index in [1.807, 2.05) is 56.6 Å². The van der Waals surface area contributed by atoms with E-state index in [9.17, 15) is 9.59 Å². The van der Waals surface area contributed by atoms with Crippen molar-refractivity contribution in [3.8, 4) is 0 Å². The molecule has 2 aromatic heterocycles. The number of benzene rings is 1. The number of alkyl carbamates (subject to hydrolysis) is 1. The second-order valence-corrected chi connectivity index (χ2v) is 7.89. The molecule has 1 atom stereocenters. The van der Waals surface area contributed by atoms with Crippen molar-refractivity contribution in [2.45, 2.75) is 33.2 Å². The number of ether oxygens (including phenoxy) is 1. The third kappa shape index (κ3) is 5.10. The van der Waals surface area contributed by atoms with Gasteiger partial charge in [0.05, 0.1) is 12.3 Å². The summed E-state index contributed by atoms with van der Waals surface area (Å²) < 4.78 is 5.19. The Morgan fingerprint density at radius 3 is 2.79 bits per heavy atom. The largest absolute Gasteiger partial charge is 0.449 e. The van der Waals surface area contributed by atoms with Crippen LogP contribution in [0.2, 0.25) is 0 Å². The van der Waals surface area contributed by atoms with E-state index in [0.29, 0.717) is 18.2 Å². The molecule has 0 saturated carbocycles. The van der Waals surface area contributed by atoms with Crippen LogP contribution in [0.3, 0.4) is 0 Å². The number of para-hydroxylation sites is 1. The smallest absolute Gasteiger partial charge is 0.407 e. The topological polar surface area (TPSA) is 96.1 Å². The van der Waals surface area contributed by atoms with Gasteiger partial charge in [-0.05, 0) is 24.5 Å². The minimum Gasteiger partial charge on any atom is -0.449 e. The second kappa shape index (κ2) is 8.88. The van der Waals surface area contributed by atoms with Crippen LogP contribution < -0.4 is 10.6 Å². The quantitative estimate of drug-likeness (QED) is 0.561. The van der Waals surface area contributed by atoms with E-state index in [-0.39, 0.29) is 11.8 Å². The second-order valence-electron chi connectivity index (χ2n) is 7.04. The molecular weight excluding hydrogens is 376 g/mol. The number of hydrogen-bond donors (Lipinski definition) is 3. The molecule has 3 N–H and O–H groups in total. The third-order valence-corrected chi connectivity index (χ3v) is 4.98. The summed E-state index contributed by atoms with van der Waals surface area (Å²) in [4.78, 5) is 32.5. The lowest BCUT2D eigenvalue weighted by Gasteiger charge is -2.18. The summed E-state index contributed by atoms with van der Waals surface area (Å²) in [6.45, 7) is 6.05. The summed E-state index contributed by atoms with van der Waals surface area (Å²) >= 11 is 1.35. The molecule has 0 aliphatic rings. The number of hydrogen-bond acceptors (Lipinski definition) is 5. The molecule has 2 amide bonds. The minimum absolute atomic E-state index is 0.213. The number of carbonyl (C=O) groups is 2. The van der Waals surface area contributed by atoms with Gasteiger partial charge in [0.25, 0.3) is 0 Å². The van der Waals surface area contributed by atoms with Gasteiger partial charge in [-0.25, -0.2) is 9.78 Å². The highest BCUT2D eigenvalue weighted by Gasteiger charge is 2.24. The van der Waals surface area contributed by atoms with Crippen LogP contribution in [0.5, 0.6) is 0 Å². The highest BCUT2D eigenvalue weighted by atomic mass is 32.1. The molecule has 8 heteroatoms. The van der Waals surface area contributed by atoms with E-state index in [1.165, 1.54) is 11.3 Å². The Labute approximate surface area is 167 Å². The predicted molar refractivity (Wildman–Crippen MR) is 111 cm³/mol. The number of carbonyl (C=O) groups excluding carboxylic acids is 2. The summed E-state index contributed by atoms with van der Waals surface area (Å²) in [5.74, 6) is -0.119. The Balaban J connectivity index is 1.76. The zero-order valence-electron chi connectivity index (χ0n) is 16.1. The van der Waals surface area contributed by atoms with Gasteiger partial charge in [0.2, 0.25) is 5.91 Å². The maximum atomic E-state index is 12.8. The predicted octanol–water partition coefficient (Wildman–Crippen LogP) is 3.86. The molecule has 3 aromatic rings. The molecule has 148 valence electrons. The number of amides is 2. The lowest BCUT2D eigenvalue weighted by atomic mass is 10.0. The molecule has 3 rings (SSSR count). The number of H-pyrrole nitrogens is 1. The van der Waals surface area contributed by atoms with Gasteiger partial charge in [-0.3, -0.25) is 4.79 Å². The van der Waals surface area contributed by atoms with E-state index < -0.39 is 12.1 Å². The van der Waals surface area contributed by atoms with Gasteiger partial charge in [0.15, 0.2) is 5.13 Å². The number of nitrogens with zero attached hydrogens (tertiary/aromatic N) is 1. The van der Waals surface area contributed by atoms with E-state index in [1.54, 1.807) is 0 Å². The number of aromatic nitrogens is 2. The number of fused-ring (bicyclic) bond motifs is 1. The molecule has 7 nitrogen and oxygen atoms in total. The highest BCUT2D eigenvalue weighted by Crippen LogP contribution is 2.20. The summed E-state index contributed by atoms with van der Waals surface area (Å²) in [7, 11) is 0. The average molecular weight is 401 g/mol. The first-order valence-electron chi connectivity index (χ1n) is 9.13. The Bertz CT molecular complexity index is 963. The molecule has 0 saturated heterocycles. The summed E-state index contributed by atoms with van der Waals surface area (Å²) in [6, 6.07) is 7.05. The number of anilines is 1. The first-order chi connectivity index (χ1) is 13.4. The Morgan fingerprint density at radius 2 is 2.07 bits per heavy atom. The van der Waals surface area contributed by atoms with Crippen LogP contribution in [0.15, 0.2) is 35.8 Å². The monoisotopic (exact) mass is 400 g/mol. The van der Waals surface area contributed by atoms with Crippen LogP contribution >= 0.6 is 11.3 Å². The summed E-state index contributed by atoms with van der Waals surface area (Å²) in [5.41, 5.74) is 2.75. The number of aryl methyl sites for hydroxylation is 1. The van der Waals surface area contributed by atoms with Gasteiger partial charge in [0, 0.05) is 28.9 Å². The molecule has 2 heterocycles. The molecule has 28 heavy (non-hydrogen) atoms. The fourth-order valence-electron chi connectivity index (χ4n) is 2.76. The Kier molecular flexibility index (Phi) is 6.30. The first kappa shape index (κ1) is 19.9. The van der Waals surface area contributed by atoms with Crippen molar-refractivity contribution in [2.24, 2.45) is 5.92 Å². The molecule has 0 unspecified atom stereocenters. The van der Waals surface area contributed by atoms with E-state index in [2.05, 4.69) is 20.6 Å². The van der Waals surface area contributed by atoms with Crippen LogP contribution in [0, 0.1) is 12.8 Å². The molecule has 1 aromatic carbocycles. The van der Waals surface area contributed by atoms with Crippen molar-refractivity contribution >= 4 is 39.4 Å². The Morgan fingerprint density at radius 1 is 1.29 bits per heavy atom. The van der Waals surface area contributed by atoms with Crippen molar-refractivity contribution in [2.75, 3.05) is 11.9 Å². The number of thiazole rings is 1. The lowest BCUT2D eigenvalue weighted by Crippen LogP contribution is -2.45. The number of rotatable bonds is 7. The minimum atomic E-state index is -0.789. The van der Waals surface area contributed by atoms with Gasteiger partial charge in [-0.15, -0.1) is 11.3 Å². The van der Waals surface area contributed by atoms with Gasteiger partial charge in [0.1, 0.15) is 6.04 Å². The molecule has 0 radical (unpaired) electrons. The van der Waals surface area contributed by atoms with Crippen molar-refractivity contribution in [3.63, 3.8) is 0 Å². The normalized spacial score (nSPS) is 12.1. The molecular formula is C20H24N4O3S. The zero-order valence-corrected chi connectivity index (χ0v) is 16.9. The lowest BCUT2D eigenvalue weighted by molar-refractivity contribution is -0.118. The number of aromatic amines is 1. The van der Waals surface area contributed by atoms with Crippen LogP contribution in [-0.2, 0) is 16.0 Å². The fourth-order valence-corrected chi connectivity index (χ4v) is 3.45. The highest BCUT2D eigenvalue weighted by molar-refractivity contribution is 7.13.